The highest BCUT2D eigenvalue weighted by molar-refractivity contribution is 5.78. The van der Waals surface area contributed by atoms with Crippen molar-refractivity contribution in [1.82, 2.24) is 10.2 Å². The number of hydrogen-bond acceptors (Lipinski definition) is 4. The molecule has 0 aliphatic rings. The van der Waals surface area contributed by atoms with Gasteiger partial charge >= 0.3 is 0 Å². The number of nitro benzene ring substituents is 1. The van der Waals surface area contributed by atoms with Crippen LogP contribution >= 0.6 is 0 Å². The van der Waals surface area contributed by atoms with E-state index in [1.807, 2.05) is 44.4 Å². The van der Waals surface area contributed by atoms with Crippen molar-refractivity contribution < 1.29 is 9.72 Å². The zero-order valence-electron chi connectivity index (χ0n) is 13.8. The average molecular weight is 327 g/mol. The number of likely N-dealkylation sites (N-methyl/N-ethyl adjacent to an activating group) is 1. The van der Waals surface area contributed by atoms with Crippen molar-refractivity contribution in [3.8, 4) is 0 Å². The molecule has 126 valence electrons. The second-order valence-electron chi connectivity index (χ2n) is 5.79. The van der Waals surface area contributed by atoms with Crippen molar-refractivity contribution in [2.24, 2.45) is 0 Å². The summed E-state index contributed by atoms with van der Waals surface area (Å²) in [5.74, 6) is -0.105. The molecule has 0 saturated carbocycles. The van der Waals surface area contributed by atoms with E-state index in [2.05, 4.69) is 10.2 Å². The summed E-state index contributed by atoms with van der Waals surface area (Å²) in [6.07, 6.45) is 0.201. The molecule has 6 heteroatoms. The molecule has 0 aliphatic carbocycles. The number of nitro groups is 1. The van der Waals surface area contributed by atoms with Gasteiger partial charge in [0.2, 0.25) is 5.91 Å². The number of benzene rings is 2. The lowest BCUT2D eigenvalue weighted by atomic mass is 10.1. The zero-order chi connectivity index (χ0) is 17.5. The molecular formula is C18H21N3O3. The average Bonchev–Trinajstić information content (AvgIpc) is 2.56. The number of rotatable bonds is 7. The number of nitrogens with one attached hydrogen (secondary N) is 1. The molecule has 0 spiro atoms. The monoisotopic (exact) mass is 327 g/mol. The Morgan fingerprint density at radius 2 is 1.75 bits per heavy atom. The summed E-state index contributed by atoms with van der Waals surface area (Å²) >= 11 is 0. The van der Waals surface area contributed by atoms with Crippen molar-refractivity contribution in [1.29, 1.82) is 0 Å². The molecule has 2 aromatic rings. The minimum absolute atomic E-state index is 0.0240. The Hall–Kier alpha value is -2.73. The Morgan fingerprint density at radius 3 is 2.29 bits per heavy atom. The molecule has 0 bridgehead atoms. The Morgan fingerprint density at radius 1 is 1.12 bits per heavy atom. The van der Waals surface area contributed by atoms with Crippen LogP contribution in [0.2, 0.25) is 0 Å². The summed E-state index contributed by atoms with van der Waals surface area (Å²) in [4.78, 5) is 24.4. The summed E-state index contributed by atoms with van der Waals surface area (Å²) in [5, 5.41) is 13.6. The summed E-state index contributed by atoms with van der Waals surface area (Å²) < 4.78 is 0. The largest absolute Gasteiger partial charge is 0.354 e. The van der Waals surface area contributed by atoms with Gasteiger partial charge in [-0.05, 0) is 25.2 Å². The molecule has 1 amide bonds. The molecule has 24 heavy (non-hydrogen) atoms. The Kier molecular flexibility index (Phi) is 6.03. The molecule has 0 radical (unpaired) electrons. The second-order valence-corrected chi connectivity index (χ2v) is 5.79. The molecule has 0 heterocycles. The lowest BCUT2D eigenvalue weighted by Gasteiger charge is -2.25. The number of amides is 1. The van der Waals surface area contributed by atoms with E-state index in [9.17, 15) is 14.9 Å². The molecule has 0 saturated heterocycles. The third-order valence-electron chi connectivity index (χ3n) is 3.81. The van der Waals surface area contributed by atoms with Crippen LogP contribution in [-0.2, 0) is 11.2 Å². The van der Waals surface area contributed by atoms with Crippen LogP contribution in [0.4, 0.5) is 5.69 Å². The van der Waals surface area contributed by atoms with Gasteiger partial charge in [-0.25, -0.2) is 0 Å². The third kappa shape index (κ3) is 4.89. The first-order valence-electron chi connectivity index (χ1n) is 7.69. The van der Waals surface area contributed by atoms with Crippen molar-refractivity contribution in [3.63, 3.8) is 0 Å². The molecule has 0 aromatic heterocycles. The highest BCUT2D eigenvalue weighted by Crippen LogP contribution is 2.17. The van der Waals surface area contributed by atoms with Gasteiger partial charge in [0.15, 0.2) is 0 Å². The molecule has 0 fully saturated rings. The van der Waals surface area contributed by atoms with Crippen LogP contribution in [0.25, 0.3) is 0 Å². The number of hydrogen-bond donors (Lipinski definition) is 1. The quantitative estimate of drug-likeness (QED) is 0.626. The van der Waals surface area contributed by atoms with Crippen LogP contribution in [-0.4, -0.2) is 36.4 Å². The summed E-state index contributed by atoms with van der Waals surface area (Å²) in [7, 11) is 3.94. The van der Waals surface area contributed by atoms with Crippen molar-refractivity contribution in [2.75, 3.05) is 20.6 Å². The second kappa shape index (κ2) is 8.21. The van der Waals surface area contributed by atoms with E-state index in [-0.39, 0.29) is 24.1 Å². The molecule has 6 nitrogen and oxygen atoms in total. The van der Waals surface area contributed by atoms with Crippen LogP contribution in [0.15, 0.2) is 54.6 Å². The molecule has 1 N–H and O–H groups in total. The number of non-ortho nitro benzene ring substituents is 1. The van der Waals surface area contributed by atoms with Crippen molar-refractivity contribution >= 4 is 11.6 Å². The Balaban J connectivity index is 1.92. The SMILES string of the molecule is CN(C)[C@H](CNC(=O)Cc1ccc([N+](=O)[O-])cc1)c1ccccc1. The number of carbonyl (C=O) groups is 1. The van der Waals surface area contributed by atoms with Gasteiger partial charge < -0.3 is 10.2 Å². The first kappa shape index (κ1) is 17.6. The van der Waals surface area contributed by atoms with E-state index in [1.54, 1.807) is 12.1 Å². The Labute approximate surface area is 141 Å². The van der Waals surface area contributed by atoms with Crippen LogP contribution in [0.3, 0.4) is 0 Å². The smallest absolute Gasteiger partial charge is 0.269 e. The topological polar surface area (TPSA) is 75.5 Å². The highest BCUT2D eigenvalue weighted by atomic mass is 16.6. The summed E-state index contributed by atoms with van der Waals surface area (Å²) in [6, 6.07) is 16.1. The van der Waals surface area contributed by atoms with Gasteiger partial charge in [-0.15, -0.1) is 0 Å². The maximum atomic E-state index is 12.1. The van der Waals surface area contributed by atoms with Crippen LogP contribution < -0.4 is 5.32 Å². The number of nitrogens with zero attached hydrogens (tertiary/aromatic N) is 2. The van der Waals surface area contributed by atoms with E-state index >= 15 is 0 Å². The molecule has 2 rings (SSSR count). The fraction of sp³-hybridized carbons (Fsp3) is 0.278. The molecule has 2 aromatic carbocycles. The van der Waals surface area contributed by atoms with Crippen LogP contribution in [0.5, 0.6) is 0 Å². The van der Waals surface area contributed by atoms with E-state index in [1.165, 1.54) is 12.1 Å². The van der Waals surface area contributed by atoms with E-state index in [0.29, 0.717) is 6.54 Å². The predicted molar refractivity (Wildman–Crippen MR) is 92.7 cm³/mol. The molecule has 1 atom stereocenters. The van der Waals surface area contributed by atoms with Crippen molar-refractivity contribution in [3.05, 3.63) is 75.8 Å². The van der Waals surface area contributed by atoms with E-state index in [0.717, 1.165) is 11.1 Å². The van der Waals surface area contributed by atoms with Crippen LogP contribution in [0, 0.1) is 10.1 Å². The number of carbonyl (C=O) groups excluding carboxylic acids is 1. The third-order valence-corrected chi connectivity index (χ3v) is 3.81. The van der Waals surface area contributed by atoms with Gasteiger partial charge in [0, 0.05) is 18.7 Å². The van der Waals surface area contributed by atoms with Gasteiger partial charge in [-0.1, -0.05) is 42.5 Å². The summed E-state index contributed by atoms with van der Waals surface area (Å²) in [5.41, 5.74) is 1.91. The van der Waals surface area contributed by atoms with Gasteiger partial charge in [0.05, 0.1) is 17.4 Å². The first-order valence-corrected chi connectivity index (χ1v) is 7.69. The van der Waals surface area contributed by atoms with E-state index in [4.69, 9.17) is 0 Å². The minimum Gasteiger partial charge on any atom is -0.354 e. The lowest BCUT2D eigenvalue weighted by Crippen LogP contribution is -2.35. The standard InChI is InChI=1S/C18H21N3O3/c1-20(2)17(15-6-4-3-5-7-15)13-19-18(22)12-14-8-10-16(11-9-14)21(23)24/h3-11,17H,12-13H2,1-2H3,(H,19,22)/t17-/m1/s1. The normalized spacial score (nSPS) is 12.0. The van der Waals surface area contributed by atoms with Gasteiger partial charge in [0.1, 0.15) is 0 Å². The van der Waals surface area contributed by atoms with Crippen LogP contribution in [0.1, 0.15) is 17.2 Å². The first-order chi connectivity index (χ1) is 11.5. The molecular weight excluding hydrogens is 306 g/mol. The maximum absolute atomic E-state index is 12.1. The van der Waals surface area contributed by atoms with E-state index < -0.39 is 4.92 Å². The van der Waals surface area contributed by atoms with Gasteiger partial charge in [-0.3, -0.25) is 14.9 Å². The fourth-order valence-electron chi connectivity index (χ4n) is 2.47. The maximum Gasteiger partial charge on any atom is 0.269 e. The fourth-order valence-corrected chi connectivity index (χ4v) is 2.47. The lowest BCUT2D eigenvalue weighted by molar-refractivity contribution is -0.384. The van der Waals surface area contributed by atoms with Gasteiger partial charge in [0.25, 0.3) is 5.69 Å². The highest BCUT2D eigenvalue weighted by Gasteiger charge is 2.15. The summed E-state index contributed by atoms with van der Waals surface area (Å²) in [6.45, 7) is 0.503. The Bertz CT molecular complexity index is 684. The molecule has 0 unspecified atom stereocenters. The predicted octanol–water partition coefficient (Wildman–Crippen LogP) is 2.56. The zero-order valence-corrected chi connectivity index (χ0v) is 13.8. The minimum atomic E-state index is -0.453. The molecule has 0 aliphatic heterocycles. The van der Waals surface area contributed by atoms with Crippen molar-refractivity contribution in [2.45, 2.75) is 12.5 Å². The van der Waals surface area contributed by atoms with Gasteiger partial charge in [-0.2, -0.15) is 0 Å².